The minimum Gasteiger partial charge on any atom is -0.0651 e. The van der Waals surface area contributed by atoms with Gasteiger partial charge < -0.3 is 0 Å². The molecule has 0 aromatic heterocycles. The van der Waals surface area contributed by atoms with E-state index in [4.69, 9.17) is 0 Å². The average Bonchev–Trinajstić information content (AvgIpc) is 0.950. The summed E-state index contributed by atoms with van der Waals surface area (Å²) in [5, 5.41) is 0. The zero-order chi connectivity index (χ0) is 72.1. The summed E-state index contributed by atoms with van der Waals surface area (Å²) in [6.45, 7) is 119. The second-order valence-electron chi connectivity index (χ2n) is 38.7. The number of rotatable bonds is 44. The van der Waals surface area contributed by atoms with Crippen molar-refractivity contribution in [1.29, 1.82) is 0 Å². The highest BCUT2D eigenvalue weighted by molar-refractivity contribution is 4.92. The van der Waals surface area contributed by atoms with E-state index in [2.05, 4.69) is 318 Å². The molecule has 0 aromatic rings. The molecule has 0 rings (SSSR count). The molecule has 0 aliphatic heterocycles. The van der Waals surface area contributed by atoms with Gasteiger partial charge in [-0.25, -0.2) is 0 Å². The van der Waals surface area contributed by atoms with Crippen molar-refractivity contribution in [3.63, 3.8) is 0 Å². The van der Waals surface area contributed by atoms with E-state index < -0.39 is 0 Å². The fourth-order valence-corrected chi connectivity index (χ4v) is 20.7. The second-order valence-corrected chi connectivity index (χ2v) is 38.7. The Labute approximate surface area is 582 Å². The minimum atomic E-state index is 0.693. The highest BCUT2D eigenvalue weighted by Crippen LogP contribution is 2.50. The molecule has 0 fully saturated rings. The zero-order valence-electron chi connectivity index (χ0n) is 72.1. The molecule has 0 heterocycles. The molecule has 43 unspecified atom stereocenters. The summed E-state index contributed by atoms with van der Waals surface area (Å²) < 4.78 is 0. The molecular weight excluding hydrogens is 1090 g/mol. The lowest BCUT2D eigenvalue weighted by Crippen LogP contribution is -2.39. The largest absolute Gasteiger partial charge is 0.0651 e. The first kappa shape index (κ1) is 91.0. The zero-order valence-corrected chi connectivity index (χ0v) is 72.1. The SMILES string of the molecule is CCC(C)C(C)C(C)C(C)C(C)C(C)C(C)C(C)C(C)C(C)C(C)C(C)C(C)C(C)C(C)C(C)C(C)C(C)C(C)C(C)C(C)C(C)C(C)C(C)C(C)C(C)C(C)C(C)C(C)C(C)C(C)C(C)C(C)C(C)C(C)C(C)C(C)C(C)C(C)C(C)C(C)C(C)C(C)C(C)C. The normalized spacial score (nSPS) is 27.5. The molecular formula is C91H184. The van der Waals surface area contributed by atoms with Gasteiger partial charge >= 0.3 is 0 Å². The van der Waals surface area contributed by atoms with Gasteiger partial charge in [0.2, 0.25) is 0 Å². The van der Waals surface area contributed by atoms with E-state index in [9.17, 15) is 0 Å². The Kier molecular flexibility index (Phi) is 40.3. The third-order valence-electron chi connectivity index (χ3n) is 36.6. The van der Waals surface area contributed by atoms with Crippen LogP contribution in [0.5, 0.6) is 0 Å². The van der Waals surface area contributed by atoms with Crippen molar-refractivity contribution in [1.82, 2.24) is 0 Å². The van der Waals surface area contributed by atoms with Gasteiger partial charge in [0.15, 0.2) is 0 Å². The van der Waals surface area contributed by atoms with E-state index in [0.717, 1.165) is 94.7 Å². The van der Waals surface area contributed by atoms with Gasteiger partial charge in [0, 0.05) is 0 Å². The van der Waals surface area contributed by atoms with Crippen LogP contribution < -0.4 is 0 Å². The summed E-state index contributed by atoms with van der Waals surface area (Å²) >= 11 is 0. The molecule has 0 aromatic carbocycles. The summed E-state index contributed by atoms with van der Waals surface area (Å²) in [5.74, 6) is 31.6. The van der Waals surface area contributed by atoms with Crippen LogP contribution in [-0.4, -0.2) is 0 Å². The van der Waals surface area contributed by atoms with E-state index in [1.165, 1.54) is 6.42 Å². The lowest BCUT2D eigenvalue weighted by atomic mass is 9.60. The maximum atomic E-state index is 2.64. The van der Waals surface area contributed by atoms with Gasteiger partial charge in [0.1, 0.15) is 0 Å². The van der Waals surface area contributed by atoms with E-state index in [1.807, 2.05) is 0 Å². The number of hydrogen-bond donors (Lipinski definition) is 0. The Hall–Kier alpha value is 0. The quantitative estimate of drug-likeness (QED) is 0.0570. The van der Waals surface area contributed by atoms with Gasteiger partial charge in [-0.15, -0.1) is 0 Å². The van der Waals surface area contributed by atoms with Crippen LogP contribution in [0.4, 0.5) is 0 Å². The molecule has 0 heteroatoms. The molecule has 0 saturated carbocycles. The smallest absolute Gasteiger partial charge is 0.0386 e. The van der Waals surface area contributed by atoms with Crippen molar-refractivity contribution in [3.05, 3.63) is 0 Å². The highest BCUT2D eigenvalue weighted by atomic mass is 14.5. The summed E-state index contributed by atoms with van der Waals surface area (Å²) in [5.41, 5.74) is 0. The summed E-state index contributed by atoms with van der Waals surface area (Å²) in [7, 11) is 0. The van der Waals surface area contributed by atoms with Crippen molar-refractivity contribution in [2.45, 2.75) is 325 Å². The van der Waals surface area contributed by atoms with E-state index in [1.54, 1.807) is 0 Å². The van der Waals surface area contributed by atoms with Crippen LogP contribution in [-0.2, 0) is 0 Å². The predicted molar refractivity (Wildman–Crippen MR) is 419 cm³/mol. The first-order valence-electron chi connectivity index (χ1n) is 41.4. The van der Waals surface area contributed by atoms with E-state index in [-0.39, 0.29) is 0 Å². The first-order chi connectivity index (χ1) is 41.4. The van der Waals surface area contributed by atoms with Crippen molar-refractivity contribution in [2.75, 3.05) is 0 Å². The molecule has 0 saturated heterocycles. The molecule has 0 amide bonds. The lowest BCUT2D eigenvalue weighted by molar-refractivity contribution is 0.0341. The van der Waals surface area contributed by atoms with Crippen LogP contribution in [0, 0.1) is 260 Å². The predicted octanol–water partition coefficient (Wildman–Crippen LogP) is 29.4. The Morgan fingerprint density at radius 1 is 0.0989 bits per heavy atom. The van der Waals surface area contributed by atoms with Crippen molar-refractivity contribution >= 4 is 0 Å². The molecule has 0 N–H and O–H groups in total. The van der Waals surface area contributed by atoms with Crippen LogP contribution in [0.3, 0.4) is 0 Å². The molecule has 548 valence electrons. The molecule has 0 aliphatic carbocycles. The van der Waals surface area contributed by atoms with Crippen molar-refractivity contribution in [2.24, 2.45) is 260 Å². The topological polar surface area (TPSA) is 0 Å². The summed E-state index contributed by atoms with van der Waals surface area (Å²) in [4.78, 5) is 0. The molecule has 0 bridgehead atoms. The molecule has 0 aliphatic rings. The molecule has 43 atom stereocenters. The van der Waals surface area contributed by atoms with Crippen LogP contribution in [0.15, 0.2) is 0 Å². The molecule has 0 radical (unpaired) electrons. The molecule has 0 spiro atoms. The second kappa shape index (κ2) is 40.3. The van der Waals surface area contributed by atoms with Gasteiger partial charge in [-0.05, 0) is 260 Å². The van der Waals surface area contributed by atoms with Crippen LogP contribution >= 0.6 is 0 Å². The maximum Gasteiger partial charge on any atom is -0.0386 e. The Morgan fingerprint density at radius 3 is 0.231 bits per heavy atom. The summed E-state index contributed by atoms with van der Waals surface area (Å²) in [6, 6.07) is 0. The van der Waals surface area contributed by atoms with Gasteiger partial charge in [0.05, 0.1) is 0 Å². The van der Waals surface area contributed by atoms with Gasteiger partial charge in [-0.2, -0.15) is 0 Å². The Balaban J connectivity index is 5.86. The van der Waals surface area contributed by atoms with Crippen LogP contribution in [0.25, 0.3) is 0 Å². The fraction of sp³-hybridized carbons (Fsp3) is 1.00. The van der Waals surface area contributed by atoms with Crippen LogP contribution in [0.2, 0.25) is 0 Å². The van der Waals surface area contributed by atoms with E-state index >= 15 is 0 Å². The molecule has 0 nitrogen and oxygen atoms in total. The average molecular weight is 1280 g/mol. The fourth-order valence-electron chi connectivity index (χ4n) is 20.7. The van der Waals surface area contributed by atoms with E-state index in [0.29, 0.717) is 166 Å². The third kappa shape index (κ3) is 23.0. The van der Waals surface area contributed by atoms with Gasteiger partial charge in [0.25, 0.3) is 0 Å². The minimum absolute atomic E-state index is 0.693. The van der Waals surface area contributed by atoms with Crippen molar-refractivity contribution < 1.29 is 0 Å². The highest BCUT2D eigenvalue weighted by Gasteiger charge is 2.44. The van der Waals surface area contributed by atoms with Gasteiger partial charge in [-0.3, -0.25) is 0 Å². The monoisotopic (exact) mass is 1280 g/mol. The Morgan fingerprint density at radius 2 is 0.165 bits per heavy atom. The maximum absolute atomic E-state index is 2.64. The standard InChI is InChI=1S/C91H184/c1-47-49(4)51(6)53(8)55(10)57(12)59(14)61(16)63(18)65(20)67(22)69(24)71(26)73(28)75(30)77(32)79(34)81(36)83(38)85(40)87(42)89(44)91(46)90(45)88(43)86(41)84(39)82(37)80(35)78(33)76(31)74(29)72(27)70(25)68(23)66(21)64(19)62(17)60(15)58(13)56(11)54(9)52(7)50(5)48(2)3/h48-91H,47H2,1-46H3. The van der Waals surface area contributed by atoms with Crippen LogP contribution in [0.1, 0.15) is 325 Å². The van der Waals surface area contributed by atoms with Gasteiger partial charge in [-0.1, -0.05) is 325 Å². The first-order valence-corrected chi connectivity index (χ1v) is 41.4. The number of hydrogen-bond acceptors (Lipinski definition) is 0. The lowest BCUT2D eigenvalue weighted by Gasteiger charge is -2.45. The third-order valence-corrected chi connectivity index (χ3v) is 36.6. The van der Waals surface area contributed by atoms with Crippen molar-refractivity contribution in [3.8, 4) is 0 Å². The molecule has 91 heavy (non-hydrogen) atoms. The summed E-state index contributed by atoms with van der Waals surface area (Å²) in [6.07, 6.45) is 1.29. The Bertz CT molecular complexity index is 1870.